The standard InChI is InChI=1S/C57H42N2/c1-57(2)51-32-16-13-28-46(51)50-38-41(36-37-52(50)57)58(55-35-19-31-49-48-30-15-18-34-54(48)59(56(49)55)40-22-7-4-8-23-40)53-33-17-14-29-47(53)45-27-12-11-26-44(45)43-25-10-9-24-42(43)39-20-5-3-6-21-39/h3-38H,1-2H3. The minimum Gasteiger partial charge on any atom is -0.308 e. The number of nitrogens with zero attached hydrogens (tertiary/aromatic N) is 2. The number of fused-ring (bicyclic) bond motifs is 6. The van der Waals surface area contributed by atoms with E-state index in [0.717, 1.165) is 28.3 Å². The SMILES string of the molecule is CC1(C)c2ccccc2-c2cc(N(c3ccccc3-c3ccccc3-c3ccccc3-c3ccccc3)c3cccc4c5ccccc5n(-c5ccccc5)c34)ccc21. The van der Waals surface area contributed by atoms with Crippen molar-refractivity contribution in [2.24, 2.45) is 0 Å². The van der Waals surface area contributed by atoms with Crippen LogP contribution in [0.25, 0.3) is 72.0 Å². The molecule has 0 radical (unpaired) electrons. The van der Waals surface area contributed by atoms with Gasteiger partial charge in [-0.25, -0.2) is 0 Å². The van der Waals surface area contributed by atoms with Crippen LogP contribution in [0.2, 0.25) is 0 Å². The molecule has 0 spiro atoms. The third-order valence-corrected chi connectivity index (χ3v) is 12.4. The Hall–Kier alpha value is -7.42. The molecule has 0 fully saturated rings. The van der Waals surface area contributed by atoms with Crippen LogP contribution in [-0.2, 0) is 5.41 Å². The minimum absolute atomic E-state index is 0.0992. The van der Waals surface area contributed by atoms with Crippen molar-refractivity contribution < 1.29 is 0 Å². The normalized spacial score (nSPS) is 12.7. The van der Waals surface area contributed by atoms with Crippen LogP contribution in [0, 0.1) is 0 Å². The number of benzene rings is 9. The first kappa shape index (κ1) is 34.8. The molecule has 1 aliphatic carbocycles. The van der Waals surface area contributed by atoms with Crippen LogP contribution >= 0.6 is 0 Å². The van der Waals surface area contributed by atoms with Crippen molar-refractivity contribution in [3.8, 4) is 50.2 Å². The Balaban J connectivity index is 1.22. The summed E-state index contributed by atoms with van der Waals surface area (Å²) in [6.07, 6.45) is 0. The molecule has 10 aromatic rings. The van der Waals surface area contributed by atoms with Crippen LogP contribution in [0.1, 0.15) is 25.0 Å². The number of hydrogen-bond acceptors (Lipinski definition) is 1. The molecule has 0 amide bonds. The Morgan fingerprint density at radius 2 is 0.898 bits per heavy atom. The third kappa shape index (κ3) is 5.56. The number of hydrogen-bond donors (Lipinski definition) is 0. The lowest BCUT2D eigenvalue weighted by molar-refractivity contribution is 0.660. The van der Waals surface area contributed by atoms with Gasteiger partial charge in [0, 0.05) is 33.1 Å². The molecule has 9 aromatic carbocycles. The molecular weight excluding hydrogens is 713 g/mol. The largest absolute Gasteiger partial charge is 0.308 e. The average molecular weight is 755 g/mol. The molecule has 0 N–H and O–H groups in total. The van der Waals surface area contributed by atoms with E-state index >= 15 is 0 Å². The highest BCUT2D eigenvalue weighted by molar-refractivity contribution is 6.15. The van der Waals surface area contributed by atoms with Crippen LogP contribution in [0.5, 0.6) is 0 Å². The Labute approximate surface area is 345 Å². The van der Waals surface area contributed by atoms with Crippen molar-refractivity contribution in [2.45, 2.75) is 19.3 Å². The van der Waals surface area contributed by atoms with Crippen molar-refractivity contribution in [2.75, 3.05) is 4.90 Å². The molecule has 0 aliphatic heterocycles. The first-order chi connectivity index (χ1) is 29.1. The summed E-state index contributed by atoms with van der Waals surface area (Å²) >= 11 is 0. The summed E-state index contributed by atoms with van der Waals surface area (Å²) in [5.41, 5.74) is 19.2. The van der Waals surface area contributed by atoms with E-state index in [1.807, 2.05) is 0 Å². The number of aromatic nitrogens is 1. The molecule has 2 heteroatoms. The van der Waals surface area contributed by atoms with Crippen molar-refractivity contribution in [1.29, 1.82) is 0 Å². The number of para-hydroxylation sites is 4. The smallest absolute Gasteiger partial charge is 0.0782 e. The Kier molecular flexibility index (Phi) is 8.20. The summed E-state index contributed by atoms with van der Waals surface area (Å²) in [5, 5.41) is 2.45. The average Bonchev–Trinajstić information content (AvgIpc) is 3.76. The van der Waals surface area contributed by atoms with Crippen LogP contribution in [0.15, 0.2) is 218 Å². The minimum atomic E-state index is -0.0992. The van der Waals surface area contributed by atoms with Crippen molar-refractivity contribution in [3.63, 3.8) is 0 Å². The third-order valence-electron chi connectivity index (χ3n) is 12.4. The van der Waals surface area contributed by atoms with Gasteiger partial charge < -0.3 is 9.47 Å². The Morgan fingerprint density at radius 1 is 0.373 bits per heavy atom. The lowest BCUT2D eigenvalue weighted by Gasteiger charge is -2.30. The van der Waals surface area contributed by atoms with Gasteiger partial charge in [-0.15, -0.1) is 0 Å². The summed E-state index contributed by atoms with van der Waals surface area (Å²) in [7, 11) is 0. The molecule has 2 nitrogen and oxygen atoms in total. The Morgan fingerprint density at radius 3 is 1.66 bits per heavy atom. The monoisotopic (exact) mass is 754 g/mol. The summed E-state index contributed by atoms with van der Waals surface area (Å²) in [4.78, 5) is 2.52. The highest BCUT2D eigenvalue weighted by Crippen LogP contribution is 2.53. The quantitative estimate of drug-likeness (QED) is 0.157. The molecule has 1 heterocycles. The molecule has 1 aliphatic rings. The fraction of sp³-hybridized carbons (Fsp3) is 0.0526. The summed E-state index contributed by atoms with van der Waals surface area (Å²) in [5.74, 6) is 0. The number of anilines is 3. The first-order valence-electron chi connectivity index (χ1n) is 20.5. The lowest BCUT2D eigenvalue weighted by Crippen LogP contribution is -2.16. The molecule has 0 saturated heterocycles. The van der Waals surface area contributed by atoms with Gasteiger partial charge in [0.15, 0.2) is 0 Å². The van der Waals surface area contributed by atoms with Crippen LogP contribution in [0.4, 0.5) is 17.1 Å². The second-order valence-electron chi connectivity index (χ2n) is 16.1. The highest BCUT2D eigenvalue weighted by atomic mass is 15.2. The maximum absolute atomic E-state index is 2.52. The molecular formula is C57H42N2. The number of rotatable bonds is 7. The van der Waals surface area contributed by atoms with Crippen molar-refractivity contribution in [1.82, 2.24) is 4.57 Å². The van der Waals surface area contributed by atoms with Crippen LogP contribution in [-0.4, -0.2) is 4.57 Å². The maximum Gasteiger partial charge on any atom is 0.0782 e. The van der Waals surface area contributed by atoms with Gasteiger partial charge >= 0.3 is 0 Å². The van der Waals surface area contributed by atoms with Crippen LogP contribution in [0.3, 0.4) is 0 Å². The van der Waals surface area contributed by atoms with Gasteiger partial charge in [-0.3, -0.25) is 0 Å². The summed E-state index contributed by atoms with van der Waals surface area (Å²) < 4.78 is 2.45. The van der Waals surface area contributed by atoms with Crippen molar-refractivity contribution >= 4 is 38.9 Å². The van der Waals surface area contributed by atoms with E-state index in [4.69, 9.17) is 0 Å². The van der Waals surface area contributed by atoms with Gasteiger partial charge in [0.25, 0.3) is 0 Å². The van der Waals surface area contributed by atoms with Crippen LogP contribution < -0.4 is 4.90 Å². The predicted octanol–water partition coefficient (Wildman–Crippen LogP) is 15.6. The van der Waals surface area contributed by atoms with Gasteiger partial charge in [0.2, 0.25) is 0 Å². The highest BCUT2D eigenvalue weighted by Gasteiger charge is 2.36. The van der Waals surface area contributed by atoms with Gasteiger partial charge in [0.1, 0.15) is 0 Å². The van der Waals surface area contributed by atoms with Gasteiger partial charge in [-0.05, 0) is 92.5 Å². The fourth-order valence-corrected chi connectivity index (χ4v) is 9.72. The molecule has 11 rings (SSSR count). The van der Waals surface area contributed by atoms with E-state index in [0.29, 0.717) is 0 Å². The molecule has 59 heavy (non-hydrogen) atoms. The molecule has 280 valence electrons. The van der Waals surface area contributed by atoms with E-state index in [1.165, 1.54) is 71.9 Å². The molecule has 0 atom stereocenters. The van der Waals surface area contributed by atoms with E-state index in [2.05, 4.69) is 242 Å². The van der Waals surface area contributed by atoms with Crippen molar-refractivity contribution in [3.05, 3.63) is 230 Å². The first-order valence-corrected chi connectivity index (χ1v) is 20.5. The topological polar surface area (TPSA) is 8.17 Å². The second-order valence-corrected chi connectivity index (χ2v) is 16.1. The zero-order valence-corrected chi connectivity index (χ0v) is 33.2. The molecule has 0 saturated carbocycles. The Bertz CT molecular complexity index is 3190. The van der Waals surface area contributed by atoms with E-state index in [1.54, 1.807) is 0 Å². The fourth-order valence-electron chi connectivity index (χ4n) is 9.72. The van der Waals surface area contributed by atoms with Gasteiger partial charge in [-0.2, -0.15) is 0 Å². The predicted molar refractivity (Wildman–Crippen MR) is 249 cm³/mol. The molecule has 0 bridgehead atoms. The second kappa shape index (κ2) is 13.9. The maximum atomic E-state index is 2.52. The zero-order chi connectivity index (χ0) is 39.5. The van der Waals surface area contributed by atoms with E-state index in [9.17, 15) is 0 Å². The van der Waals surface area contributed by atoms with E-state index in [-0.39, 0.29) is 5.41 Å². The van der Waals surface area contributed by atoms with Gasteiger partial charge in [-0.1, -0.05) is 190 Å². The summed E-state index contributed by atoms with van der Waals surface area (Å²) in [6.45, 7) is 4.71. The van der Waals surface area contributed by atoms with Gasteiger partial charge in [0.05, 0.1) is 22.4 Å². The molecule has 0 unspecified atom stereocenters. The lowest BCUT2D eigenvalue weighted by atomic mass is 9.82. The zero-order valence-electron chi connectivity index (χ0n) is 33.2. The molecule has 1 aromatic heterocycles. The van der Waals surface area contributed by atoms with E-state index < -0.39 is 0 Å². The summed E-state index contributed by atoms with van der Waals surface area (Å²) in [6, 6.07) is 79.9.